The van der Waals surface area contributed by atoms with Crippen molar-refractivity contribution in [2.75, 3.05) is 39.4 Å². The molecule has 0 atom stereocenters. The fourth-order valence-electron chi connectivity index (χ4n) is 4.47. The van der Waals surface area contributed by atoms with Gasteiger partial charge in [-0.05, 0) is 38.8 Å². The van der Waals surface area contributed by atoms with Gasteiger partial charge in [-0.1, -0.05) is 16.8 Å². The minimum absolute atomic E-state index is 0.0162. The minimum atomic E-state index is -0.486. The Labute approximate surface area is 230 Å². The molecule has 4 rings (SSSR count). The predicted octanol–water partition coefficient (Wildman–Crippen LogP) is 2.33. The van der Waals surface area contributed by atoms with Crippen LogP contribution in [0.1, 0.15) is 53.4 Å². The van der Waals surface area contributed by atoms with Crippen LogP contribution in [-0.4, -0.2) is 98.2 Å². The first-order valence-corrected chi connectivity index (χ1v) is 13.8. The van der Waals surface area contributed by atoms with E-state index in [9.17, 15) is 19.8 Å². The SMILES string of the molecule is CC(C)N1CCC(NC(=O)c2cc(C(=O)N(CCO)CCO)nn2Cc2cc(-c3ccc(Cl)s3)on2)CC1. The zero-order valence-electron chi connectivity index (χ0n) is 21.5. The summed E-state index contributed by atoms with van der Waals surface area (Å²) in [6.45, 7) is 5.78. The smallest absolute Gasteiger partial charge is 0.274 e. The molecule has 1 fully saturated rings. The van der Waals surface area contributed by atoms with Gasteiger partial charge in [0.15, 0.2) is 11.5 Å². The highest BCUT2D eigenvalue weighted by molar-refractivity contribution is 7.19. The third-order valence-corrected chi connectivity index (χ3v) is 7.79. The van der Waals surface area contributed by atoms with E-state index in [4.69, 9.17) is 16.1 Å². The summed E-state index contributed by atoms with van der Waals surface area (Å²) in [6.07, 6.45) is 1.67. The summed E-state index contributed by atoms with van der Waals surface area (Å²) in [5.41, 5.74) is 0.783. The number of carbonyl (C=O) groups is 2. The zero-order chi connectivity index (χ0) is 27.2. The van der Waals surface area contributed by atoms with Crippen molar-refractivity contribution in [1.82, 2.24) is 30.1 Å². The third-order valence-electron chi connectivity index (χ3n) is 6.54. The Hall–Kier alpha value is -2.77. The Kier molecular flexibility index (Phi) is 9.55. The van der Waals surface area contributed by atoms with E-state index in [0.717, 1.165) is 30.8 Å². The molecule has 0 unspecified atom stereocenters. The number of piperidine rings is 1. The van der Waals surface area contributed by atoms with Crippen molar-refractivity contribution in [2.24, 2.45) is 0 Å². The van der Waals surface area contributed by atoms with E-state index in [2.05, 4.69) is 34.3 Å². The van der Waals surface area contributed by atoms with Crippen molar-refractivity contribution in [1.29, 1.82) is 0 Å². The highest BCUT2D eigenvalue weighted by Crippen LogP contribution is 2.31. The first-order valence-electron chi connectivity index (χ1n) is 12.6. The highest BCUT2D eigenvalue weighted by atomic mass is 35.5. The molecule has 0 saturated carbocycles. The number of nitrogens with one attached hydrogen (secondary N) is 1. The Morgan fingerprint density at radius 3 is 2.53 bits per heavy atom. The number of hydrogen-bond donors (Lipinski definition) is 3. The molecule has 1 saturated heterocycles. The maximum atomic E-state index is 13.4. The predicted molar refractivity (Wildman–Crippen MR) is 143 cm³/mol. The van der Waals surface area contributed by atoms with Gasteiger partial charge in [0.2, 0.25) is 0 Å². The number of aliphatic hydroxyl groups excluding tert-OH is 2. The van der Waals surface area contributed by atoms with E-state index in [-0.39, 0.29) is 56.2 Å². The normalized spacial score (nSPS) is 14.8. The van der Waals surface area contributed by atoms with Gasteiger partial charge in [-0.15, -0.1) is 11.3 Å². The number of likely N-dealkylation sites (tertiary alicyclic amines) is 1. The second-order valence-electron chi connectivity index (χ2n) is 9.48. The summed E-state index contributed by atoms with van der Waals surface area (Å²) >= 11 is 7.40. The Morgan fingerprint density at radius 2 is 1.92 bits per heavy atom. The lowest BCUT2D eigenvalue weighted by Crippen LogP contribution is -2.46. The zero-order valence-corrected chi connectivity index (χ0v) is 23.0. The molecule has 2 amide bonds. The number of hydrogen-bond acceptors (Lipinski definition) is 9. The van der Waals surface area contributed by atoms with Crippen LogP contribution < -0.4 is 5.32 Å². The van der Waals surface area contributed by atoms with Gasteiger partial charge < -0.3 is 29.9 Å². The minimum Gasteiger partial charge on any atom is -0.395 e. The molecule has 0 aliphatic carbocycles. The summed E-state index contributed by atoms with van der Waals surface area (Å²) in [7, 11) is 0. The Balaban J connectivity index is 1.56. The number of rotatable bonds is 11. The van der Waals surface area contributed by atoms with Crippen molar-refractivity contribution in [2.45, 2.75) is 45.3 Å². The fourth-order valence-corrected chi connectivity index (χ4v) is 5.46. The molecule has 0 aromatic carbocycles. The number of nitrogens with zero attached hydrogens (tertiary/aromatic N) is 5. The van der Waals surface area contributed by atoms with Crippen molar-refractivity contribution < 1.29 is 24.3 Å². The van der Waals surface area contributed by atoms with Crippen LogP contribution in [-0.2, 0) is 6.54 Å². The average Bonchev–Trinajstić information content (AvgIpc) is 3.64. The fraction of sp³-hybridized carbons (Fsp3) is 0.520. The van der Waals surface area contributed by atoms with E-state index in [1.807, 2.05) is 6.07 Å². The summed E-state index contributed by atoms with van der Waals surface area (Å²) in [5.74, 6) is -0.273. The number of aliphatic hydroxyl groups is 2. The lowest BCUT2D eigenvalue weighted by Gasteiger charge is -2.34. The van der Waals surface area contributed by atoms with Gasteiger partial charge in [0.25, 0.3) is 11.8 Å². The van der Waals surface area contributed by atoms with E-state index in [0.29, 0.717) is 21.8 Å². The molecular formula is C25H33ClN6O5S. The molecule has 4 heterocycles. The van der Waals surface area contributed by atoms with Crippen LogP contribution in [0, 0.1) is 0 Å². The molecule has 206 valence electrons. The molecule has 0 spiro atoms. The van der Waals surface area contributed by atoms with Gasteiger partial charge in [-0.25, -0.2) is 0 Å². The number of amides is 2. The van der Waals surface area contributed by atoms with Crippen LogP contribution >= 0.6 is 22.9 Å². The van der Waals surface area contributed by atoms with Gasteiger partial charge in [-0.2, -0.15) is 5.10 Å². The maximum Gasteiger partial charge on any atom is 0.274 e. The first-order chi connectivity index (χ1) is 18.3. The summed E-state index contributed by atoms with van der Waals surface area (Å²) in [6, 6.07) is 7.28. The summed E-state index contributed by atoms with van der Waals surface area (Å²) < 4.78 is 7.53. The lowest BCUT2D eigenvalue weighted by molar-refractivity contribution is 0.0678. The topological polar surface area (TPSA) is 137 Å². The Morgan fingerprint density at radius 1 is 1.21 bits per heavy atom. The molecule has 38 heavy (non-hydrogen) atoms. The molecule has 1 aliphatic rings. The van der Waals surface area contributed by atoms with E-state index < -0.39 is 5.91 Å². The first kappa shape index (κ1) is 28.2. The van der Waals surface area contributed by atoms with Gasteiger partial charge in [0, 0.05) is 50.4 Å². The number of carbonyl (C=O) groups excluding carboxylic acids is 2. The van der Waals surface area contributed by atoms with Crippen LogP contribution in [0.2, 0.25) is 4.34 Å². The molecule has 0 radical (unpaired) electrons. The number of halogens is 1. The number of thiophene rings is 1. The van der Waals surface area contributed by atoms with Crippen molar-refractivity contribution in [3.63, 3.8) is 0 Å². The van der Waals surface area contributed by atoms with E-state index in [1.165, 1.54) is 27.0 Å². The monoisotopic (exact) mass is 564 g/mol. The quantitative estimate of drug-likeness (QED) is 0.323. The molecular weight excluding hydrogens is 532 g/mol. The molecule has 3 aromatic heterocycles. The second-order valence-corrected chi connectivity index (χ2v) is 11.2. The standard InChI is InChI=1S/C25H33ClN6O5S/c1-16(2)30-7-5-17(6-8-30)27-24(35)20-14-19(25(36)31(9-11-33)10-12-34)28-32(20)15-18-13-21(37-29-18)22-3-4-23(26)38-22/h3-4,13-14,16-17,33-34H,5-12,15H2,1-2H3,(H,27,35). The lowest BCUT2D eigenvalue weighted by atomic mass is 10.0. The number of aromatic nitrogens is 3. The third kappa shape index (κ3) is 6.80. The van der Waals surface area contributed by atoms with Crippen molar-refractivity contribution in [3.05, 3.63) is 45.7 Å². The van der Waals surface area contributed by atoms with Crippen LogP contribution in [0.15, 0.2) is 28.8 Å². The molecule has 3 aromatic rings. The van der Waals surface area contributed by atoms with E-state index in [1.54, 1.807) is 12.1 Å². The summed E-state index contributed by atoms with van der Waals surface area (Å²) in [4.78, 5) is 31.0. The molecule has 3 N–H and O–H groups in total. The Bertz CT molecular complexity index is 1230. The van der Waals surface area contributed by atoms with Crippen LogP contribution in [0.3, 0.4) is 0 Å². The largest absolute Gasteiger partial charge is 0.395 e. The van der Waals surface area contributed by atoms with Gasteiger partial charge in [-0.3, -0.25) is 14.3 Å². The molecule has 11 nitrogen and oxygen atoms in total. The van der Waals surface area contributed by atoms with Crippen LogP contribution in [0.25, 0.3) is 10.6 Å². The second kappa shape index (κ2) is 12.9. The van der Waals surface area contributed by atoms with Crippen LogP contribution in [0.5, 0.6) is 0 Å². The average molecular weight is 565 g/mol. The van der Waals surface area contributed by atoms with Gasteiger partial charge in [0.1, 0.15) is 11.4 Å². The highest BCUT2D eigenvalue weighted by Gasteiger charge is 2.27. The molecule has 1 aliphatic heterocycles. The van der Waals surface area contributed by atoms with E-state index >= 15 is 0 Å². The van der Waals surface area contributed by atoms with Crippen molar-refractivity contribution >= 4 is 34.8 Å². The molecule has 13 heteroatoms. The van der Waals surface area contributed by atoms with Crippen molar-refractivity contribution in [3.8, 4) is 10.6 Å². The summed E-state index contributed by atoms with van der Waals surface area (Å²) in [5, 5.41) is 30.3. The maximum absolute atomic E-state index is 13.4. The van der Waals surface area contributed by atoms with Gasteiger partial charge in [0.05, 0.1) is 29.0 Å². The molecule has 0 bridgehead atoms. The van der Waals surface area contributed by atoms with Gasteiger partial charge >= 0.3 is 0 Å². The van der Waals surface area contributed by atoms with Crippen LogP contribution in [0.4, 0.5) is 0 Å².